The lowest BCUT2D eigenvalue weighted by molar-refractivity contribution is 0.0334. The van der Waals surface area contributed by atoms with Crippen molar-refractivity contribution >= 4 is 16.9 Å². The molecule has 2 aromatic rings. The lowest BCUT2D eigenvalue weighted by Crippen LogP contribution is -2.18. The van der Waals surface area contributed by atoms with Crippen LogP contribution in [0.25, 0.3) is 11.0 Å². The molecule has 3 nitrogen and oxygen atoms in total. The lowest BCUT2D eigenvalue weighted by atomic mass is 9.99. The summed E-state index contributed by atoms with van der Waals surface area (Å²) >= 11 is 0. The topological polar surface area (TPSA) is 39.4 Å². The van der Waals surface area contributed by atoms with Crippen LogP contribution in [0.2, 0.25) is 0 Å². The highest BCUT2D eigenvalue weighted by Gasteiger charge is 2.17. The molecule has 1 aromatic carbocycles. The van der Waals surface area contributed by atoms with Gasteiger partial charge in [-0.05, 0) is 17.5 Å². The third-order valence-electron chi connectivity index (χ3n) is 2.26. The van der Waals surface area contributed by atoms with Gasteiger partial charge in [0, 0.05) is 5.39 Å². The minimum absolute atomic E-state index is 0.0400. The first kappa shape index (κ1) is 11.7. The minimum atomic E-state index is -0.406. The summed E-state index contributed by atoms with van der Waals surface area (Å²) in [6, 6.07) is 9.22. The molecule has 90 valence electrons. The Morgan fingerprint density at radius 3 is 2.65 bits per heavy atom. The fourth-order valence-electron chi connectivity index (χ4n) is 1.44. The summed E-state index contributed by atoms with van der Waals surface area (Å²) in [4.78, 5) is 11.7. The van der Waals surface area contributed by atoms with Crippen LogP contribution in [-0.4, -0.2) is 12.6 Å². The molecule has 0 radical (unpaired) electrons. The molecule has 0 atom stereocenters. The highest BCUT2D eigenvalue weighted by molar-refractivity contribution is 5.92. The number of rotatable bonds is 2. The predicted octanol–water partition coefficient (Wildman–Crippen LogP) is 3.64. The van der Waals surface area contributed by atoms with E-state index in [0.717, 1.165) is 5.39 Å². The minimum Gasteiger partial charge on any atom is -0.459 e. The standard InChI is InChI=1S/C14H16O3/c1-14(2,3)9-16-13(15)12-8-10-6-4-5-7-11(10)17-12/h4-8H,9H2,1-3H3. The zero-order chi connectivity index (χ0) is 12.5. The van der Waals surface area contributed by atoms with Crippen LogP contribution in [0.1, 0.15) is 31.3 Å². The van der Waals surface area contributed by atoms with Gasteiger partial charge in [-0.1, -0.05) is 39.0 Å². The Bertz CT molecular complexity index is 499. The predicted molar refractivity (Wildman–Crippen MR) is 66.0 cm³/mol. The first-order chi connectivity index (χ1) is 7.96. The molecule has 0 unspecified atom stereocenters. The summed E-state index contributed by atoms with van der Waals surface area (Å²) in [5.41, 5.74) is 0.664. The number of carbonyl (C=O) groups excluding carboxylic acids is 1. The normalized spacial score (nSPS) is 11.7. The Balaban J connectivity index is 2.14. The van der Waals surface area contributed by atoms with E-state index in [0.29, 0.717) is 12.2 Å². The van der Waals surface area contributed by atoms with Crippen molar-refractivity contribution in [1.29, 1.82) is 0 Å². The highest BCUT2D eigenvalue weighted by atomic mass is 16.5. The van der Waals surface area contributed by atoms with Gasteiger partial charge in [-0.2, -0.15) is 0 Å². The molecule has 1 aromatic heterocycles. The van der Waals surface area contributed by atoms with Crippen molar-refractivity contribution in [3.63, 3.8) is 0 Å². The van der Waals surface area contributed by atoms with E-state index < -0.39 is 5.97 Å². The number of hydrogen-bond acceptors (Lipinski definition) is 3. The smallest absolute Gasteiger partial charge is 0.374 e. The van der Waals surface area contributed by atoms with Crippen LogP contribution in [0.3, 0.4) is 0 Å². The number of carbonyl (C=O) groups is 1. The molecular formula is C14H16O3. The second-order valence-corrected chi connectivity index (χ2v) is 5.29. The van der Waals surface area contributed by atoms with E-state index in [1.165, 1.54) is 0 Å². The Kier molecular flexibility index (Phi) is 2.92. The second kappa shape index (κ2) is 4.24. The fraction of sp³-hybridized carbons (Fsp3) is 0.357. The average Bonchev–Trinajstić information content (AvgIpc) is 2.68. The van der Waals surface area contributed by atoms with Crippen LogP contribution in [0.4, 0.5) is 0 Å². The zero-order valence-electron chi connectivity index (χ0n) is 10.3. The van der Waals surface area contributed by atoms with Crippen LogP contribution >= 0.6 is 0 Å². The van der Waals surface area contributed by atoms with Crippen LogP contribution in [-0.2, 0) is 4.74 Å². The largest absolute Gasteiger partial charge is 0.459 e. The van der Waals surface area contributed by atoms with Gasteiger partial charge in [0.05, 0.1) is 6.61 Å². The van der Waals surface area contributed by atoms with E-state index in [1.807, 2.05) is 45.0 Å². The molecule has 0 aliphatic rings. The van der Waals surface area contributed by atoms with Crippen LogP contribution in [0, 0.1) is 5.41 Å². The van der Waals surface area contributed by atoms with Gasteiger partial charge in [0.25, 0.3) is 0 Å². The average molecular weight is 232 g/mol. The van der Waals surface area contributed by atoms with E-state index in [1.54, 1.807) is 6.07 Å². The molecule has 0 amide bonds. The summed E-state index contributed by atoms with van der Waals surface area (Å²) in [6.07, 6.45) is 0. The first-order valence-corrected chi connectivity index (χ1v) is 5.61. The second-order valence-electron chi connectivity index (χ2n) is 5.29. The SMILES string of the molecule is CC(C)(C)COC(=O)c1cc2ccccc2o1. The highest BCUT2D eigenvalue weighted by Crippen LogP contribution is 2.20. The molecule has 2 rings (SSSR count). The van der Waals surface area contributed by atoms with Crippen molar-refractivity contribution in [1.82, 2.24) is 0 Å². The summed E-state index contributed by atoms with van der Waals surface area (Å²) in [5, 5.41) is 0.912. The number of para-hydroxylation sites is 1. The van der Waals surface area contributed by atoms with E-state index in [-0.39, 0.29) is 11.2 Å². The van der Waals surface area contributed by atoms with Gasteiger partial charge in [0.1, 0.15) is 5.58 Å². The third-order valence-corrected chi connectivity index (χ3v) is 2.26. The molecule has 3 heteroatoms. The number of esters is 1. The number of furan rings is 1. The molecule has 0 saturated heterocycles. The summed E-state index contributed by atoms with van der Waals surface area (Å²) < 4.78 is 10.6. The number of hydrogen-bond donors (Lipinski definition) is 0. The van der Waals surface area contributed by atoms with Crippen LogP contribution in [0.15, 0.2) is 34.7 Å². The Hall–Kier alpha value is -1.77. The molecule has 0 fully saturated rings. The fourth-order valence-corrected chi connectivity index (χ4v) is 1.44. The summed E-state index contributed by atoms with van der Waals surface area (Å²) in [5.74, 6) is -0.147. The number of benzene rings is 1. The van der Waals surface area contributed by atoms with Gasteiger partial charge in [-0.3, -0.25) is 0 Å². The van der Waals surface area contributed by atoms with Crippen molar-refractivity contribution in [3.05, 3.63) is 36.1 Å². The lowest BCUT2D eigenvalue weighted by Gasteiger charge is -2.16. The maximum atomic E-state index is 11.7. The molecule has 0 aliphatic carbocycles. The van der Waals surface area contributed by atoms with Gasteiger partial charge in [0.15, 0.2) is 0 Å². The molecule has 0 aliphatic heterocycles. The van der Waals surface area contributed by atoms with Crippen molar-refractivity contribution in [2.24, 2.45) is 5.41 Å². The van der Waals surface area contributed by atoms with Gasteiger partial charge >= 0.3 is 5.97 Å². The number of ether oxygens (including phenoxy) is 1. The van der Waals surface area contributed by atoms with Gasteiger partial charge in [-0.25, -0.2) is 4.79 Å². The van der Waals surface area contributed by atoms with Crippen LogP contribution in [0.5, 0.6) is 0 Å². The van der Waals surface area contributed by atoms with E-state index >= 15 is 0 Å². The molecule has 1 heterocycles. The zero-order valence-corrected chi connectivity index (χ0v) is 10.3. The Morgan fingerprint density at radius 1 is 1.29 bits per heavy atom. The Morgan fingerprint density at radius 2 is 2.00 bits per heavy atom. The third kappa shape index (κ3) is 2.87. The summed E-state index contributed by atoms with van der Waals surface area (Å²) in [6.45, 7) is 6.42. The van der Waals surface area contributed by atoms with Gasteiger partial charge < -0.3 is 9.15 Å². The number of fused-ring (bicyclic) bond motifs is 1. The quantitative estimate of drug-likeness (QED) is 0.742. The van der Waals surface area contributed by atoms with E-state index in [9.17, 15) is 4.79 Å². The van der Waals surface area contributed by atoms with Crippen LogP contribution < -0.4 is 0 Å². The maximum Gasteiger partial charge on any atom is 0.374 e. The monoisotopic (exact) mass is 232 g/mol. The molecular weight excluding hydrogens is 216 g/mol. The first-order valence-electron chi connectivity index (χ1n) is 5.61. The molecule has 0 spiro atoms. The van der Waals surface area contributed by atoms with E-state index in [2.05, 4.69) is 0 Å². The van der Waals surface area contributed by atoms with Gasteiger partial charge in [0.2, 0.25) is 5.76 Å². The van der Waals surface area contributed by atoms with Crippen molar-refractivity contribution in [3.8, 4) is 0 Å². The summed E-state index contributed by atoms with van der Waals surface area (Å²) in [7, 11) is 0. The van der Waals surface area contributed by atoms with Crippen molar-refractivity contribution < 1.29 is 13.9 Å². The van der Waals surface area contributed by atoms with Gasteiger partial charge in [-0.15, -0.1) is 0 Å². The van der Waals surface area contributed by atoms with E-state index in [4.69, 9.17) is 9.15 Å². The van der Waals surface area contributed by atoms with Crippen molar-refractivity contribution in [2.75, 3.05) is 6.61 Å². The molecule has 17 heavy (non-hydrogen) atoms. The molecule has 0 bridgehead atoms. The van der Waals surface area contributed by atoms with Crippen molar-refractivity contribution in [2.45, 2.75) is 20.8 Å². The molecule has 0 saturated carbocycles. The Labute approximate surface area is 100 Å². The maximum absolute atomic E-state index is 11.7. The molecule has 0 N–H and O–H groups in total.